The van der Waals surface area contributed by atoms with E-state index in [9.17, 15) is 9.18 Å². The van der Waals surface area contributed by atoms with Gasteiger partial charge in [0.25, 0.3) is 0 Å². The van der Waals surface area contributed by atoms with E-state index in [1.54, 1.807) is 6.07 Å². The Hall–Kier alpha value is -2.44. The zero-order valence-electron chi connectivity index (χ0n) is 11.5. The molecule has 0 saturated carbocycles. The fourth-order valence-corrected chi connectivity index (χ4v) is 2.48. The second-order valence-corrected chi connectivity index (χ2v) is 5.29. The van der Waals surface area contributed by atoms with Gasteiger partial charge in [-0.15, -0.1) is 0 Å². The van der Waals surface area contributed by atoms with Crippen LogP contribution in [-0.2, 0) is 0 Å². The molecule has 7 heteroatoms. The number of carbonyl (C=O) groups is 1. The smallest absolute Gasteiger partial charge is 0.316 e. The Morgan fingerprint density at radius 2 is 2.33 bits per heavy atom. The molecule has 110 valence electrons. The largest absolute Gasteiger partial charge is 0.371 e. The third kappa shape index (κ3) is 2.58. The Bertz CT molecular complexity index is 685. The molecule has 2 N–H and O–H groups in total. The van der Waals surface area contributed by atoms with E-state index >= 15 is 0 Å². The van der Waals surface area contributed by atoms with Crippen molar-refractivity contribution in [1.82, 2.24) is 10.1 Å². The molecule has 2 heterocycles. The summed E-state index contributed by atoms with van der Waals surface area (Å²) in [4.78, 5) is 16.8. The number of primary amides is 1. The van der Waals surface area contributed by atoms with Crippen LogP contribution < -0.4 is 10.6 Å². The number of nitrogens with zero attached hydrogens (tertiary/aromatic N) is 3. The van der Waals surface area contributed by atoms with Gasteiger partial charge in [0.15, 0.2) is 0 Å². The predicted molar refractivity (Wildman–Crippen MR) is 74.2 cm³/mol. The Morgan fingerprint density at radius 3 is 2.90 bits per heavy atom. The van der Waals surface area contributed by atoms with Gasteiger partial charge < -0.3 is 15.2 Å². The summed E-state index contributed by atoms with van der Waals surface area (Å²) in [6, 6.07) is 4.85. The molecule has 0 aliphatic carbocycles. The van der Waals surface area contributed by atoms with Gasteiger partial charge in [-0.05, 0) is 30.5 Å². The van der Waals surface area contributed by atoms with Gasteiger partial charge in [0.2, 0.25) is 5.82 Å². The van der Waals surface area contributed by atoms with Crippen LogP contribution >= 0.6 is 0 Å². The molecule has 1 aliphatic heterocycles. The van der Waals surface area contributed by atoms with Gasteiger partial charge in [-0.2, -0.15) is 4.98 Å². The van der Waals surface area contributed by atoms with Crippen molar-refractivity contribution in [2.75, 3.05) is 18.0 Å². The molecule has 2 aromatic rings. The maximum Gasteiger partial charge on any atom is 0.316 e. The number of anilines is 1. The van der Waals surface area contributed by atoms with Crippen LogP contribution in [0.15, 0.2) is 22.7 Å². The van der Waals surface area contributed by atoms with Gasteiger partial charge in [-0.3, -0.25) is 4.79 Å². The van der Waals surface area contributed by atoms with Crippen molar-refractivity contribution in [3.63, 3.8) is 0 Å². The summed E-state index contributed by atoms with van der Waals surface area (Å²) in [5.74, 6) is -0.992. The predicted octanol–water partition coefficient (Wildman–Crippen LogP) is 1.82. The number of halogens is 1. The summed E-state index contributed by atoms with van der Waals surface area (Å²) in [5, 5.41) is 3.57. The first-order chi connectivity index (χ1) is 10.0. The molecule has 0 radical (unpaired) electrons. The van der Waals surface area contributed by atoms with Crippen molar-refractivity contribution in [2.24, 2.45) is 11.7 Å². The molecular formula is C14H15FN4O2. The van der Waals surface area contributed by atoms with Crippen LogP contribution in [0.4, 0.5) is 10.1 Å². The molecule has 6 nitrogen and oxygen atoms in total. The summed E-state index contributed by atoms with van der Waals surface area (Å²) in [6.45, 7) is 4.02. The van der Waals surface area contributed by atoms with E-state index in [1.807, 2.05) is 6.07 Å². The minimum absolute atomic E-state index is 0.0163. The summed E-state index contributed by atoms with van der Waals surface area (Å²) in [6.07, 6.45) is 1.11. The van der Waals surface area contributed by atoms with Gasteiger partial charge >= 0.3 is 11.8 Å². The third-order valence-corrected chi connectivity index (χ3v) is 3.62. The molecule has 1 aromatic carbocycles. The maximum absolute atomic E-state index is 14.2. The highest BCUT2D eigenvalue weighted by Gasteiger charge is 2.21. The molecule has 21 heavy (non-hydrogen) atoms. The first-order valence-corrected chi connectivity index (χ1v) is 6.73. The van der Waals surface area contributed by atoms with Crippen molar-refractivity contribution < 1.29 is 13.7 Å². The topological polar surface area (TPSA) is 85.3 Å². The fourth-order valence-electron chi connectivity index (χ4n) is 2.48. The number of amides is 1. The molecular weight excluding hydrogens is 275 g/mol. The molecule has 1 aliphatic rings. The monoisotopic (exact) mass is 290 g/mol. The number of rotatable bonds is 3. The molecule has 1 atom stereocenters. The molecule has 1 saturated heterocycles. The molecule has 0 unspecified atom stereocenters. The first-order valence-electron chi connectivity index (χ1n) is 6.73. The lowest BCUT2D eigenvalue weighted by Crippen LogP contribution is -2.19. The highest BCUT2D eigenvalue weighted by atomic mass is 19.1. The van der Waals surface area contributed by atoms with Crippen molar-refractivity contribution in [2.45, 2.75) is 13.3 Å². The SMILES string of the molecule is C[C@@H]1CCN(c2ccc(-c3noc(C(N)=O)n3)c(F)c2)C1. The van der Waals surface area contributed by atoms with Crippen LogP contribution in [-0.4, -0.2) is 29.1 Å². The van der Waals surface area contributed by atoms with Gasteiger partial charge in [0.05, 0.1) is 5.56 Å². The van der Waals surface area contributed by atoms with E-state index in [0.29, 0.717) is 5.92 Å². The van der Waals surface area contributed by atoms with E-state index < -0.39 is 11.7 Å². The average molecular weight is 290 g/mol. The fraction of sp³-hybridized carbons (Fsp3) is 0.357. The highest BCUT2D eigenvalue weighted by Crippen LogP contribution is 2.28. The summed E-state index contributed by atoms with van der Waals surface area (Å²) >= 11 is 0. The van der Waals surface area contributed by atoms with Crippen LogP contribution in [0, 0.1) is 11.7 Å². The zero-order chi connectivity index (χ0) is 15.0. The van der Waals surface area contributed by atoms with Crippen LogP contribution in [0.5, 0.6) is 0 Å². The molecule has 1 fully saturated rings. The van der Waals surface area contributed by atoms with Gasteiger partial charge in [0.1, 0.15) is 5.82 Å². The lowest BCUT2D eigenvalue weighted by molar-refractivity contribution is 0.0958. The quantitative estimate of drug-likeness (QED) is 0.932. The molecule has 1 amide bonds. The van der Waals surface area contributed by atoms with Crippen molar-refractivity contribution in [3.8, 4) is 11.4 Å². The summed E-state index contributed by atoms with van der Waals surface area (Å²) < 4.78 is 18.9. The number of carbonyl (C=O) groups excluding carboxylic acids is 1. The van der Waals surface area contributed by atoms with Crippen LogP contribution in [0.1, 0.15) is 24.0 Å². The van der Waals surface area contributed by atoms with Crippen LogP contribution in [0.25, 0.3) is 11.4 Å². The van der Waals surface area contributed by atoms with E-state index in [0.717, 1.165) is 25.2 Å². The van der Waals surface area contributed by atoms with Gasteiger partial charge in [-0.1, -0.05) is 12.1 Å². The maximum atomic E-state index is 14.2. The Kier molecular flexibility index (Phi) is 3.32. The second kappa shape index (κ2) is 5.16. The number of hydrogen-bond acceptors (Lipinski definition) is 5. The zero-order valence-corrected chi connectivity index (χ0v) is 11.5. The van der Waals surface area contributed by atoms with Crippen molar-refractivity contribution >= 4 is 11.6 Å². The van der Waals surface area contributed by atoms with Crippen molar-refractivity contribution in [3.05, 3.63) is 29.9 Å². The summed E-state index contributed by atoms with van der Waals surface area (Å²) in [7, 11) is 0. The highest BCUT2D eigenvalue weighted by molar-refractivity contribution is 5.88. The Morgan fingerprint density at radius 1 is 1.52 bits per heavy atom. The number of benzene rings is 1. The Labute approximate surface area is 120 Å². The van der Waals surface area contributed by atoms with E-state index in [4.69, 9.17) is 5.73 Å². The molecule has 1 aromatic heterocycles. The van der Waals surface area contributed by atoms with Gasteiger partial charge in [-0.25, -0.2) is 4.39 Å². The van der Waals surface area contributed by atoms with E-state index in [-0.39, 0.29) is 17.3 Å². The second-order valence-electron chi connectivity index (χ2n) is 5.29. The Balaban J connectivity index is 1.88. The third-order valence-electron chi connectivity index (χ3n) is 3.62. The molecule has 3 rings (SSSR count). The van der Waals surface area contributed by atoms with Crippen molar-refractivity contribution in [1.29, 1.82) is 0 Å². The normalized spacial score (nSPS) is 18.2. The lowest BCUT2D eigenvalue weighted by atomic mass is 10.1. The summed E-state index contributed by atoms with van der Waals surface area (Å²) in [5.41, 5.74) is 6.04. The van der Waals surface area contributed by atoms with Crippen LogP contribution in [0.3, 0.4) is 0 Å². The average Bonchev–Trinajstić information content (AvgIpc) is 3.07. The first kappa shape index (κ1) is 13.5. The van der Waals surface area contributed by atoms with Gasteiger partial charge in [0, 0.05) is 18.8 Å². The van der Waals surface area contributed by atoms with E-state index in [2.05, 4.69) is 26.5 Å². The number of hydrogen-bond donors (Lipinski definition) is 1. The lowest BCUT2D eigenvalue weighted by Gasteiger charge is -2.18. The standard InChI is InChI=1S/C14H15FN4O2/c1-8-4-5-19(7-8)9-2-3-10(11(15)6-9)13-17-14(12(16)20)21-18-13/h2-3,6,8H,4-5,7H2,1H3,(H2,16,20)/t8-/m1/s1. The minimum atomic E-state index is -0.836. The number of nitrogens with two attached hydrogens (primary N) is 1. The van der Waals surface area contributed by atoms with Crippen LogP contribution in [0.2, 0.25) is 0 Å². The molecule has 0 spiro atoms. The molecule has 0 bridgehead atoms. The van der Waals surface area contributed by atoms with E-state index in [1.165, 1.54) is 6.07 Å². The minimum Gasteiger partial charge on any atom is -0.371 e. The number of aromatic nitrogens is 2.